The molecule has 0 aromatic heterocycles. The van der Waals surface area contributed by atoms with Crippen molar-refractivity contribution in [1.29, 1.82) is 0 Å². The van der Waals surface area contributed by atoms with E-state index in [2.05, 4.69) is 43.9 Å². The fourth-order valence-electron chi connectivity index (χ4n) is 2.54. The van der Waals surface area contributed by atoms with Gasteiger partial charge in [-0.3, -0.25) is 0 Å². The SMILES string of the molecule is Cc1ccc(N2CCC(N)C(C)C2)c(C)c1. The summed E-state index contributed by atoms with van der Waals surface area (Å²) in [6, 6.07) is 7.08. The molecule has 0 saturated carbocycles. The van der Waals surface area contributed by atoms with E-state index in [0.717, 1.165) is 19.5 Å². The van der Waals surface area contributed by atoms with E-state index in [1.165, 1.54) is 16.8 Å². The molecular formula is C14H22N2. The molecule has 1 saturated heterocycles. The van der Waals surface area contributed by atoms with Crippen LogP contribution in [-0.4, -0.2) is 19.1 Å². The van der Waals surface area contributed by atoms with Crippen LogP contribution in [0.25, 0.3) is 0 Å². The summed E-state index contributed by atoms with van der Waals surface area (Å²) in [5.41, 5.74) is 10.1. The van der Waals surface area contributed by atoms with E-state index < -0.39 is 0 Å². The first-order valence-electron chi connectivity index (χ1n) is 6.15. The average Bonchev–Trinajstić information content (AvgIpc) is 2.22. The lowest BCUT2D eigenvalue weighted by molar-refractivity contribution is 0.382. The van der Waals surface area contributed by atoms with Gasteiger partial charge < -0.3 is 10.6 Å². The predicted molar refractivity (Wildman–Crippen MR) is 69.9 cm³/mol. The molecule has 1 aliphatic heterocycles. The number of aryl methyl sites for hydroxylation is 2. The van der Waals surface area contributed by atoms with E-state index in [9.17, 15) is 0 Å². The maximum atomic E-state index is 6.05. The molecule has 1 heterocycles. The van der Waals surface area contributed by atoms with Gasteiger partial charge in [-0.05, 0) is 37.8 Å². The van der Waals surface area contributed by atoms with Crippen LogP contribution < -0.4 is 10.6 Å². The summed E-state index contributed by atoms with van der Waals surface area (Å²) in [5, 5.41) is 0. The average molecular weight is 218 g/mol. The summed E-state index contributed by atoms with van der Waals surface area (Å²) in [6.07, 6.45) is 1.11. The molecule has 0 bridgehead atoms. The number of anilines is 1. The van der Waals surface area contributed by atoms with Crippen molar-refractivity contribution in [2.75, 3.05) is 18.0 Å². The van der Waals surface area contributed by atoms with Gasteiger partial charge in [0.1, 0.15) is 0 Å². The van der Waals surface area contributed by atoms with Crippen molar-refractivity contribution in [3.63, 3.8) is 0 Å². The summed E-state index contributed by atoms with van der Waals surface area (Å²) in [4.78, 5) is 2.48. The predicted octanol–water partition coefficient (Wildman–Crippen LogP) is 2.48. The first kappa shape index (κ1) is 11.5. The van der Waals surface area contributed by atoms with Gasteiger partial charge in [-0.25, -0.2) is 0 Å². The van der Waals surface area contributed by atoms with Crippen LogP contribution >= 0.6 is 0 Å². The van der Waals surface area contributed by atoms with E-state index >= 15 is 0 Å². The minimum atomic E-state index is 0.377. The summed E-state index contributed by atoms with van der Waals surface area (Å²) in [5.74, 6) is 0.592. The molecule has 0 aliphatic carbocycles. The smallest absolute Gasteiger partial charge is 0.0396 e. The highest BCUT2D eigenvalue weighted by Gasteiger charge is 2.23. The molecule has 1 aromatic carbocycles. The Kier molecular flexibility index (Phi) is 3.20. The van der Waals surface area contributed by atoms with E-state index in [1.807, 2.05) is 0 Å². The van der Waals surface area contributed by atoms with Crippen molar-refractivity contribution in [1.82, 2.24) is 0 Å². The summed E-state index contributed by atoms with van der Waals surface area (Å²) < 4.78 is 0. The third-order valence-electron chi connectivity index (χ3n) is 3.66. The number of rotatable bonds is 1. The van der Waals surface area contributed by atoms with Crippen LogP contribution in [0.4, 0.5) is 5.69 Å². The fourth-order valence-corrected chi connectivity index (χ4v) is 2.54. The van der Waals surface area contributed by atoms with Crippen LogP contribution in [0, 0.1) is 19.8 Å². The molecule has 2 unspecified atom stereocenters. The zero-order chi connectivity index (χ0) is 11.7. The van der Waals surface area contributed by atoms with Crippen molar-refractivity contribution in [2.24, 2.45) is 11.7 Å². The minimum Gasteiger partial charge on any atom is -0.371 e. The number of piperidine rings is 1. The molecule has 2 rings (SSSR count). The summed E-state index contributed by atoms with van der Waals surface area (Å²) >= 11 is 0. The van der Waals surface area contributed by atoms with Gasteiger partial charge in [-0.1, -0.05) is 24.6 Å². The first-order valence-corrected chi connectivity index (χ1v) is 6.15. The van der Waals surface area contributed by atoms with Crippen molar-refractivity contribution in [2.45, 2.75) is 33.2 Å². The molecular weight excluding hydrogens is 196 g/mol. The molecule has 88 valence electrons. The monoisotopic (exact) mass is 218 g/mol. The Morgan fingerprint density at radius 2 is 2.06 bits per heavy atom. The number of benzene rings is 1. The highest BCUT2D eigenvalue weighted by atomic mass is 15.1. The van der Waals surface area contributed by atoms with Gasteiger partial charge in [-0.15, -0.1) is 0 Å². The highest BCUT2D eigenvalue weighted by molar-refractivity contribution is 5.54. The van der Waals surface area contributed by atoms with Crippen LogP contribution in [-0.2, 0) is 0 Å². The Balaban J connectivity index is 2.18. The fraction of sp³-hybridized carbons (Fsp3) is 0.571. The number of nitrogens with zero attached hydrogens (tertiary/aromatic N) is 1. The van der Waals surface area contributed by atoms with E-state index in [0.29, 0.717) is 12.0 Å². The van der Waals surface area contributed by atoms with E-state index in [4.69, 9.17) is 5.73 Å². The maximum Gasteiger partial charge on any atom is 0.0396 e. The lowest BCUT2D eigenvalue weighted by Gasteiger charge is -2.37. The molecule has 2 nitrogen and oxygen atoms in total. The van der Waals surface area contributed by atoms with Gasteiger partial charge in [0.2, 0.25) is 0 Å². The molecule has 2 atom stereocenters. The van der Waals surface area contributed by atoms with E-state index in [-0.39, 0.29) is 0 Å². The molecule has 1 aromatic rings. The summed E-state index contributed by atoms with van der Waals surface area (Å²) in [7, 11) is 0. The molecule has 2 heteroatoms. The van der Waals surface area contributed by atoms with Crippen molar-refractivity contribution in [3.8, 4) is 0 Å². The van der Waals surface area contributed by atoms with Crippen LogP contribution in [0.3, 0.4) is 0 Å². The van der Waals surface area contributed by atoms with Crippen LogP contribution in [0.1, 0.15) is 24.5 Å². The molecule has 0 amide bonds. The Labute approximate surface area is 98.4 Å². The number of hydrogen-bond acceptors (Lipinski definition) is 2. The van der Waals surface area contributed by atoms with Gasteiger partial charge in [0.05, 0.1) is 0 Å². The summed E-state index contributed by atoms with van der Waals surface area (Å²) in [6.45, 7) is 8.77. The Morgan fingerprint density at radius 3 is 2.69 bits per heavy atom. The quantitative estimate of drug-likeness (QED) is 0.784. The van der Waals surface area contributed by atoms with Gasteiger partial charge in [0.15, 0.2) is 0 Å². The standard InChI is InChI=1S/C14H22N2/c1-10-4-5-14(11(2)8-10)16-7-6-13(15)12(3)9-16/h4-5,8,12-13H,6-7,9,15H2,1-3H3. The highest BCUT2D eigenvalue weighted by Crippen LogP contribution is 2.26. The number of nitrogens with two attached hydrogens (primary N) is 1. The second kappa shape index (κ2) is 4.46. The number of hydrogen-bond donors (Lipinski definition) is 1. The zero-order valence-electron chi connectivity index (χ0n) is 10.5. The van der Waals surface area contributed by atoms with Gasteiger partial charge >= 0.3 is 0 Å². The van der Waals surface area contributed by atoms with Crippen molar-refractivity contribution in [3.05, 3.63) is 29.3 Å². The molecule has 1 fully saturated rings. The topological polar surface area (TPSA) is 29.3 Å². The second-order valence-corrected chi connectivity index (χ2v) is 5.17. The third kappa shape index (κ3) is 2.22. The molecule has 2 N–H and O–H groups in total. The Bertz CT molecular complexity index is 373. The Morgan fingerprint density at radius 1 is 1.31 bits per heavy atom. The van der Waals surface area contributed by atoms with Crippen LogP contribution in [0.2, 0.25) is 0 Å². The third-order valence-corrected chi connectivity index (χ3v) is 3.66. The molecule has 16 heavy (non-hydrogen) atoms. The molecule has 0 spiro atoms. The molecule has 0 radical (unpaired) electrons. The largest absolute Gasteiger partial charge is 0.371 e. The molecule has 1 aliphatic rings. The van der Waals surface area contributed by atoms with Crippen molar-refractivity contribution >= 4 is 5.69 Å². The van der Waals surface area contributed by atoms with Crippen LogP contribution in [0.5, 0.6) is 0 Å². The van der Waals surface area contributed by atoms with E-state index in [1.54, 1.807) is 0 Å². The lowest BCUT2D eigenvalue weighted by Crippen LogP contribution is -2.46. The van der Waals surface area contributed by atoms with Crippen molar-refractivity contribution < 1.29 is 0 Å². The zero-order valence-corrected chi connectivity index (χ0v) is 10.5. The lowest BCUT2D eigenvalue weighted by atomic mass is 9.94. The van der Waals surface area contributed by atoms with Crippen LogP contribution in [0.15, 0.2) is 18.2 Å². The van der Waals surface area contributed by atoms with Gasteiger partial charge in [-0.2, -0.15) is 0 Å². The minimum absolute atomic E-state index is 0.377. The van der Waals surface area contributed by atoms with Gasteiger partial charge in [0.25, 0.3) is 0 Å². The first-order chi connectivity index (χ1) is 7.58. The Hall–Kier alpha value is -1.02. The van der Waals surface area contributed by atoms with Gasteiger partial charge in [0, 0.05) is 24.8 Å². The maximum absolute atomic E-state index is 6.05. The second-order valence-electron chi connectivity index (χ2n) is 5.17. The normalized spacial score (nSPS) is 25.9.